The molecule has 0 bridgehead atoms. The first kappa shape index (κ1) is 17.4. The Hall–Kier alpha value is -2.46. The molecule has 3 rings (SSSR count). The van der Waals surface area contributed by atoms with Gasteiger partial charge in [-0.2, -0.15) is 0 Å². The van der Waals surface area contributed by atoms with Gasteiger partial charge in [-0.15, -0.1) is 11.3 Å². The lowest BCUT2D eigenvalue weighted by atomic mass is 9.93. The number of ketones is 1. The molecule has 0 unspecified atom stereocenters. The van der Waals surface area contributed by atoms with E-state index < -0.39 is 0 Å². The molecule has 0 saturated heterocycles. The number of nitrogens with zero attached hydrogens (tertiary/aromatic N) is 1. The SMILES string of the molecule is CC(=O)c1ccc(Nc2nc(-c3c(C)c(C)cc(C)c3C)cs2)cc1. The summed E-state index contributed by atoms with van der Waals surface area (Å²) in [5.74, 6) is 0.0730. The van der Waals surface area contributed by atoms with E-state index in [-0.39, 0.29) is 5.78 Å². The van der Waals surface area contributed by atoms with Crippen molar-refractivity contribution < 1.29 is 4.79 Å². The minimum absolute atomic E-state index is 0.0730. The number of aryl methyl sites for hydroxylation is 2. The highest BCUT2D eigenvalue weighted by atomic mass is 32.1. The molecule has 0 amide bonds. The topological polar surface area (TPSA) is 42.0 Å². The number of benzene rings is 2. The minimum atomic E-state index is 0.0730. The molecular weight excluding hydrogens is 328 g/mol. The molecule has 1 aromatic heterocycles. The Morgan fingerprint density at radius 2 is 1.60 bits per heavy atom. The number of Topliss-reactive ketones (excluding diaryl/α,β-unsaturated/α-hetero) is 1. The van der Waals surface area contributed by atoms with E-state index in [1.54, 1.807) is 18.3 Å². The van der Waals surface area contributed by atoms with Gasteiger partial charge >= 0.3 is 0 Å². The van der Waals surface area contributed by atoms with Crippen LogP contribution in [0.5, 0.6) is 0 Å². The van der Waals surface area contributed by atoms with Gasteiger partial charge in [0.05, 0.1) is 5.69 Å². The smallest absolute Gasteiger partial charge is 0.187 e. The van der Waals surface area contributed by atoms with Gasteiger partial charge in [0, 0.05) is 22.2 Å². The van der Waals surface area contributed by atoms with Crippen LogP contribution in [-0.4, -0.2) is 10.8 Å². The van der Waals surface area contributed by atoms with Crippen LogP contribution < -0.4 is 5.32 Å². The van der Waals surface area contributed by atoms with Gasteiger partial charge in [-0.3, -0.25) is 4.79 Å². The third-order valence-electron chi connectivity index (χ3n) is 4.67. The highest BCUT2D eigenvalue weighted by Gasteiger charge is 2.14. The van der Waals surface area contributed by atoms with Crippen LogP contribution in [0.4, 0.5) is 10.8 Å². The fourth-order valence-electron chi connectivity index (χ4n) is 2.96. The van der Waals surface area contributed by atoms with Crippen LogP contribution >= 0.6 is 11.3 Å². The fourth-order valence-corrected chi connectivity index (χ4v) is 3.68. The number of carbonyl (C=O) groups excluding carboxylic acids is 1. The first-order chi connectivity index (χ1) is 11.9. The molecule has 2 aromatic carbocycles. The third-order valence-corrected chi connectivity index (χ3v) is 5.43. The summed E-state index contributed by atoms with van der Waals surface area (Å²) in [5, 5.41) is 6.27. The second-order valence-electron chi connectivity index (χ2n) is 6.43. The van der Waals surface area contributed by atoms with Crippen molar-refractivity contribution in [3.05, 3.63) is 63.5 Å². The summed E-state index contributed by atoms with van der Waals surface area (Å²) in [6.07, 6.45) is 0. The van der Waals surface area contributed by atoms with E-state index in [0.29, 0.717) is 5.56 Å². The van der Waals surface area contributed by atoms with Crippen LogP contribution in [0.3, 0.4) is 0 Å². The van der Waals surface area contributed by atoms with Crippen LogP contribution in [-0.2, 0) is 0 Å². The quantitative estimate of drug-likeness (QED) is 0.588. The normalized spacial score (nSPS) is 10.8. The zero-order valence-electron chi connectivity index (χ0n) is 15.2. The van der Waals surface area contributed by atoms with E-state index in [1.165, 1.54) is 27.8 Å². The second kappa shape index (κ2) is 6.81. The molecule has 1 N–H and O–H groups in total. The summed E-state index contributed by atoms with van der Waals surface area (Å²) in [7, 11) is 0. The summed E-state index contributed by atoms with van der Waals surface area (Å²) >= 11 is 1.59. The van der Waals surface area contributed by atoms with E-state index in [1.807, 2.05) is 24.3 Å². The lowest BCUT2D eigenvalue weighted by Gasteiger charge is -2.13. The average molecular weight is 350 g/mol. The molecule has 4 heteroatoms. The van der Waals surface area contributed by atoms with Gasteiger partial charge in [0.2, 0.25) is 0 Å². The molecule has 1 heterocycles. The zero-order valence-corrected chi connectivity index (χ0v) is 16.0. The number of hydrogen-bond donors (Lipinski definition) is 1. The van der Waals surface area contributed by atoms with Gasteiger partial charge in [0.1, 0.15) is 0 Å². The van der Waals surface area contributed by atoms with E-state index >= 15 is 0 Å². The first-order valence-corrected chi connectivity index (χ1v) is 9.16. The highest BCUT2D eigenvalue weighted by molar-refractivity contribution is 7.14. The van der Waals surface area contributed by atoms with Gasteiger partial charge in [0.15, 0.2) is 10.9 Å². The minimum Gasteiger partial charge on any atom is -0.332 e. The molecule has 0 saturated carbocycles. The Balaban J connectivity index is 1.90. The zero-order chi connectivity index (χ0) is 18.1. The Kier molecular flexibility index (Phi) is 4.73. The number of anilines is 2. The summed E-state index contributed by atoms with van der Waals surface area (Å²) in [6, 6.07) is 9.71. The number of nitrogens with one attached hydrogen (secondary N) is 1. The molecule has 0 spiro atoms. The van der Waals surface area contributed by atoms with Crippen molar-refractivity contribution in [3.63, 3.8) is 0 Å². The second-order valence-corrected chi connectivity index (χ2v) is 7.29. The van der Waals surface area contributed by atoms with Gasteiger partial charge in [-0.25, -0.2) is 4.98 Å². The van der Waals surface area contributed by atoms with Gasteiger partial charge in [-0.05, 0) is 81.1 Å². The monoisotopic (exact) mass is 350 g/mol. The lowest BCUT2D eigenvalue weighted by Crippen LogP contribution is -1.96. The predicted molar refractivity (Wildman–Crippen MR) is 106 cm³/mol. The first-order valence-electron chi connectivity index (χ1n) is 8.28. The van der Waals surface area contributed by atoms with Crippen LogP contribution in [0.25, 0.3) is 11.3 Å². The van der Waals surface area contributed by atoms with Crippen LogP contribution in [0.1, 0.15) is 39.5 Å². The van der Waals surface area contributed by atoms with Crippen molar-refractivity contribution >= 4 is 27.9 Å². The van der Waals surface area contributed by atoms with Crippen LogP contribution in [0.2, 0.25) is 0 Å². The van der Waals surface area contributed by atoms with Crippen molar-refractivity contribution in [1.82, 2.24) is 4.98 Å². The lowest BCUT2D eigenvalue weighted by molar-refractivity contribution is 0.101. The third kappa shape index (κ3) is 3.49. The maximum absolute atomic E-state index is 11.4. The standard InChI is InChI=1S/C21H22N2OS/c1-12-10-13(2)15(4)20(14(12)3)19-11-25-21(23-19)22-18-8-6-17(7-9-18)16(5)24/h6-11H,1-5H3,(H,22,23). The van der Waals surface area contributed by atoms with Gasteiger partial charge in [-0.1, -0.05) is 6.07 Å². The molecule has 0 aliphatic carbocycles. The van der Waals surface area contributed by atoms with Crippen molar-refractivity contribution in [1.29, 1.82) is 0 Å². The molecule has 0 radical (unpaired) electrons. The fraction of sp³-hybridized carbons (Fsp3) is 0.238. The number of carbonyl (C=O) groups is 1. The van der Waals surface area contributed by atoms with Crippen LogP contribution in [0.15, 0.2) is 35.7 Å². The van der Waals surface area contributed by atoms with Crippen molar-refractivity contribution in [2.24, 2.45) is 0 Å². The maximum Gasteiger partial charge on any atom is 0.187 e. The molecule has 0 fully saturated rings. The van der Waals surface area contributed by atoms with Crippen molar-refractivity contribution in [2.75, 3.05) is 5.32 Å². The van der Waals surface area contributed by atoms with Crippen LogP contribution in [0, 0.1) is 27.7 Å². The number of thiazole rings is 1. The average Bonchev–Trinajstić information content (AvgIpc) is 3.02. The Morgan fingerprint density at radius 1 is 1.00 bits per heavy atom. The number of rotatable bonds is 4. The van der Waals surface area contributed by atoms with Gasteiger partial charge in [0.25, 0.3) is 0 Å². The molecule has 3 aromatic rings. The summed E-state index contributed by atoms with van der Waals surface area (Å²) in [4.78, 5) is 16.1. The summed E-state index contributed by atoms with van der Waals surface area (Å²) in [5.41, 5.74) is 9.03. The van der Waals surface area contributed by atoms with Gasteiger partial charge < -0.3 is 5.32 Å². The Labute approximate surface area is 152 Å². The Morgan fingerprint density at radius 3 is 2.16 bits per heavy atom. The van der Waals surface area contributed by atoms with E-state index in [2.05, 4.69) is 44.5 Å². The molecular formula is C21H22N2OS. The Bertz CT molecular complexity index is 913. The predicted octanol–water partition coefficient (Wildman–Crippen LogP) is 5.99. The summed E-state index contributed by atoms with van der Waals surface area (Å²) in [6.45, 7) is 10.2. The molecule has 0 aliphatic heterocycles. The molecule has 3 nitrogen and oxygen atoms in total. The maximum atomic E-state index is 11.4. The van der Waals surface area contributed by atoms with E-state index in [9.17, 15) is 4.79 Å². The van der Waals surface area contributed by atoms with Crippen molar-refractivity contribution in [3.8, 4) is 11.3 Å². The van der Waals surface area contributed by atoms with Crippen molar-refractivity contribution in [2.45, 2.75) is 34.6 Å². The molecule has 25 heavy (non-hydrogen) atoms. The number of aromatic nitrogens is 1. The summed E-state index contributed by atoms with van der Waals surface area (Å²) < 4.78 is 0. The largest absolute Gasteiger partial charge is 0.332 e. The number of hydrogen-bond acceptors (Lipinski definition) is 4. The van der Waals surface area contributed by atoms with E-state index in [4.69, 9.17) is 4.98 Å². The molecule has 128 valence electrons. The van der Waals surface area contributed by atoms with E-state index in [0.717, 1.165) is 16.5 Å². The highest BCUT2D eigenvalue weighted by Crippen LogP contribution is 2.34. The molecule has 0 aliphatic rings. The molecule has 0 atom stereocenters.